The summed E-state index contributed by atoms with van der Waals surface area (Å²) in [6.45, 7) is 2.16. The monoisotopic (exact) mass is 257 g/mol. The van der Waals surface area contributed by atoms with Crippen LogP contribution < -0.4 is 0 Å². The van der Waals surface area contributed by atoms with Gasteiger partial charge in [0, 0.05) is 18.5 Å². The number of aromatic nitrogens is 2. The fraction of sp³-hybridized carbons (Fsp3) is 0.467. The summed E-state index contributed by atoms with van der Waals surface area (Å²) in [6, 6.07) is 8.01. The Kier molecular flexibility index (Phi) is 3.49. The molecule has 1 amide bonds. The SMILES string of the molecule is O=C(Cn1ncc2ccccc21)N1CCCCCC1. The first-order valence-electron chi connectivity index (χ1n) is 7.03. The number of hydrogen-bond acceptors (Lipinski definition) is 2. The molecule has 0 saturated carbocycles. The predicted molar refractivity (Wildman–Crippen MR) is 74.8 cm³/mol. The first kappa shape index (κ1) is 12.2. The molecule has 1 aliphatic heterocycles. The van der Waals surface area contributed by atoms with Crippen molar-refractivity contribution in [3.63, 3.8) is 0 Å². The number of nitrogens with zero attached hydrogens (tertiary/aromatic N) is 3. The molecule has 0 spiro atoms. The van der Waals surface area contributed by atoms with E-state index >= 15 is 0 Å². The average molecular weight is 257 g/mol. The quantitative estimate of drug-likeness (QED) is 0.828. The molecule has 2 heterocycles. The molecule has 4 heteroatoms. The molecule has 1 aromatic heterocycles. The highest BCUT2D eigenvalue weighted by Crippen LogP contribution is 2.14. The third kappa shape index (κ3) is 2.62. The minimum Gasteiger partial charge on any atom is -0.341 e. The van der Waals surface area contributed by atoms with E-state index in [9.17, 15) is 4.79 Å². The average Bonchev–Trinajstić information content (AvgIpc) is 2.66. The van der Waals surface area contributed by atoms with Gasteiger partial charge < -0.3 is 4.90 Å². The second-order valence-corrected chi connectivity index (χ2v) is 5.16. The number of likely N-dealkylation sites (tertiary alicyclic amines) is 1. The van der Waals surface area contributed by atoms with Crippen LogP contribution in [0.15, 0.2) is 30.5 Å². The molecular weight excluding hydrogens is 238 g/mol. The molecule has 19 heavy (non-hydrogen) atoms. The maximum atomic E-state index is 12.3. The predicted octanol–water partition coefficient (Wildman–Crippen LogP) is 2.44. The standard InChI is InChI=1S/C15H19N3O/c19-15(17-9-5-1-2-6-10-17)12-18-14-8-4-3-7-13(14)11-16-18/h3-4,7-8,11H,1-2,5-6,9-10,12H2. The summed E-state index contributed by atoms with van der Waals surface area (Å²) < 4.78 is 1.81. The van der Waals surface area contributed by atoms with Crippen LogP contribution in [0.1, 0.15) is 25.7 Å². The number of hydrogen-bond donors (Lipinski definition) is 0. The first-order chi connectivity index (χ1) is 9.34. The molecule has 0 unspecified atom stereocenters. The van der Waals surface area contributed by atoms with Crippen molar-refractivity contribution in [1.29, 1.82) is 0 Å². The van der Waals surface area contributed by atoms with E-state index in [-0.39, 0.29) is 5.91 Å². The lowest BCUT2D eigenvalue weighted by Crippen LogP contribution is -2.34. The van der Waals surface area contributed by atoms with Crippen LogP contribution in [0.25, 0.3) is 10.9 Å². The van der Waals surface area contributed by atoms with Crippen LogP contribution in [0.5, 0.6) is 0 Å². The molecule has 1 fully saturated rings. The highest BCUT2D eigenvalue weighted by atomic mass is 16.2. The van der Waals surface area contributed by atoms with Gasteiger partial charge in [0.05, 0.1) is 11.7 Å². The minimum atomic E-state index is 0.191. The van der Waals surface area contributed by atoms with Crippen molar-refractivity contribution >= 4 is 16.8 Å². The topological polar surface area (TPSA) is 38.1 Å². The Morgan fingerprint density at radius 3 is 2.63 bits per heavy atom. The summed E-state index contributed by atoms with van der Waals surface area (Å²) in [5.41, 5.74) is 1.03. The molecule has 2 aromatic rings. The van der Waals surface area contributed by atoms with Crippen molar-refractivity contribution in [3.05, 3.63) is 30.5 Å². The van der Waals surface area contributed by atoms with Gasteiger partial charge in [0.25, 0.3) is 0 Å². The van der Waals surface area contributed by atoms with Gasteiger partial charge in [0.1, 0.15) is 6.54 Å². The molecule has 1 aromatic carbocycles. The molecule has 1 saturated heterocycles. The maximum Gasteiger partial charge on any atom is 0.244 e. The molecule has 0 atom stereocenters. The number of fused-ring (bicyclic) bond motifs is 1. The van der Waals surface area contributed by atoms with Crippen LogP contribution in [0, 0.1) is 0 Å². The van der Waals surface area contributed by atoms with E-state index in [2.05, 4.69) is 5.10 Å². The lowest BCUT2D eigenvalue weighted by atomic mass is 10.2. The number of para-hydroxylation sites is 1. The molecule has 100 valence electrons. The molecule has 0 radical (unpaired) electrons. The van der Waals surface area contributed by atoms with E-state index in [4.69, 9.17) is 0 Å². The second-order valence-electron chi connectivity index (χ2n) is 5.16. The van der Waals surface area contributed by atoms with Gasteiger partial charge in [0.2, 0.25) is 5.91 Å². The summed E-state index contributed by atoms with van der Waals surface area (Å²) >= 11 is 0. The van der Waals surface area contributed by atoms with Gasteiger partial charge >= 0.3 is 0 Å². The second kappa shape index (κ2) is 5.43. The van der Waals surface area contributed by atoms with Gasteiger partial charge in [-0.15, -0.1) is 0 Å². The summed E-state index contributed by atoms with van der Waals surface area (Å²) in [7, 11) is 0. The molecule has 3 rings (SSSR count). The van der Waals surface area contributed by atoms with E-state index in [0.717, 1.165) is 36.8 Å². The molecule has 0 N–H and O–H groups in total. The molecule has 0 bridgehead atoms. The zero-order chi connectivity index (χ0) is 13.1. The van der Waals surface area contributed by atoms with Gasteiger partial charge in [-0.2, -0.15) is 5.10 Å². The summed E-state index contributed by atoms with van der Waals surface area (Å²) in [5.74, 6) is 0.191. The third-order valence-electron chi connectivity index (χ3n) is 3.79. The number of benzene rings is 1. The molecule has 0 aliphatic carbocycles. The van der Waals surface area contributed by atoms with Crippen LogP contribution >= 0.6 is 0 Å². The van der Waals surface area contributed by atoms with Gasteiger partial charge in [0.15, 0.2) is 0 Å². The Labute approximate surface area is 113 Å². The van der Waals surface area contributed by atoms with Crippen molar-refractivity contribution in [2.45, 2.75) is 32.2 Å². The summed E-state index contributed by atoms with van der Waals surface area (Å²) in [6.07, 6.45) is 6.57. The van der Waals surface area contributed by atoms with Crippen LogP contribution in [0.4, 0.5) is 0 Å². The van der Waals surface area contributed by atoms with Gasteiger partial charge in [-0.05, 0) is 18.9 Å². The van der Waals surface area contributed by atoms with E-state index in [0.29, 0.717) is 6.54 Å². The molecule has 1 aliphatic rings. The highest BCUT2D eigenvalue weighted by molar-refractivity contribution is 5.82. The van der Waals surface area contributed by atoms with Crippen molar-refractivity contribution in [1.82, 2.24) is 14.7 Å². The van der Waals surface area contributed by atoms with Crippen molar-refractivity contribution in [2.24, 2.45) is 0 Å². The molecule has 4 nitrogen and oxygen atoms in total. The Morgan fingerprint density at radius 2 is 1.84 bits per heavy atom. The number of amides is 1. The zero-order valence-corrected chi connectivity index (χ0v) is 11.1. The highest BCUT2D eigenvalue weighted by Gasteiger charge is 2.16. The van der Waals surface area contributed by atoms with E-state index in [1.54, 1.807) is 0 Å². The minimum absolute atomic E-state index is 0.191. The number of carbonyl (C=O) groups is 1. The van der Waals surface area contributed by atoms with Crippen molar-refractivity contribution in [3.8, 4) is 0 Å². The summed E-state index contributed by atoms with van der Waals surface area (Å²) in [5, 5.41) is 5.41. The van der Waals surface area contributed by atoms with Crippen LogP contribution in [-0.4, -0.2) is 33.7 Å². The maximum absolute atomic E-state index is 12.3. The molecular formula is C15H19N3O. The Balaban J connectivity index is 1.75. The van der Waals surface area contributed by atoms with Crippen LogP contribution in [-0.2, 0) is 11.3 Å². The Bertz CT molecular complexity index is 568. The van der Waals surface area contributed by atoms with Gasteiger partial charge in [-0.1, -0.05) is 31.0 Å². The van der Waals surface area contributed by atoms with E-state index in [1.165, 1.54) is 12.8 Å². The van der Waals surface area contributed by atoms with E-state index in [1.807, 2.05) is 40.0 Å². The first-order valence-corrected chi connectivity index (χ1v) is 7.03. The third-order valence-corrected chi connectivity index (χ3v) is 3.79. The Hall–Kier alpha value is -1.84. The van der Waals surface area contributed by atoms with Crippen molar-refractivity contribution < 1.29 is 4.79 Å². The summed E-state index contributed by atoms with van der Waals surface area (Å²) in [4.78, 5) is 14.3. The fourth-order valence-electron chi connectivity index (χ4n) is 2.70. The fourth-order valence-corrected chi connectivity index (χ4v) is 2.70. The Morgan fingerprint density at radius 1 is 1.11 bits per heavy atom. The largest absolute Gasteiger partial charge is 0.341 e. The number of rotatable bonds is 2. The number of carbonyl (C=O) groups excluding carboxylic acids is 1. The van der Waals surface area contributed by atoms with Crippen LogP contribution in [0.2, 0.25) is 0 Å². The van der Waals surface area contributed by atoms with Gasteiger partial charge in [-0.3, -0.25) is 9.48 Å². The smallest absolute Gasteiger partial charge is 0.244 e. The van der Waals surface area contributed by atoms with Crippen LogP contribution in [0.3, 0.4) is 0 Å². The zero-order valence-electron chi connectivity index (χ0n) is 11.1. The lowest BCUT2D eigenvalue weighted by Gasteiger charge is -2.20. The lowest BCUT2D eigenvalue weighted by molar-refractivity contribution is -0.131. The van der Waals surface area contributed by atoms with Gasteiger partial charge in [-0.25, -0.2) is 0 Å². The van der Waals surface area contributed by atoms with E-state index < -0.39 is 0 Å². The normalized spacial score (nSPS) is 16.5. The van der Waals surface area contributed by atoms with Crippen molar-refractivity contribution in [2.75, 3.05) is 13.1 Å².